The van der Waals surface area contributed by atoms with Crippen LogP contribution in [0.3, 0.4) is 0 Å². The lowest BCUT2D eigenvalue weighted by atomic mass is 9.90. The first-order valence-corrected chi connectivity index (χ1v) is 9.85. The molecule has 0 unspecified atom stereocenters. The third-order valence-electron chi connectivity index (χ3n) is 5.36. The fraction of sp³-hybridized carbons (Fsp3) is 0.526. The number of fused-ring (bicyclic) bond motifs is 1. The van der Waals surface area contributed by atoms with Crippen LogP contribution in [0.15, 0.2) is 28.7 Å². The van der Waals surface area contributed by atoms with Crippen LogP contribution in [0.2, 0.25) is 0 Å². The molecule has 2 aliphatic heterocycles. The molecule has 26 heavy (non-hydrogen) atoms. The molecule has 2 aromatic rings. The van der Waals surface area contributed by atoms with Gasteiger partial charge in [-0.05, 0) is 47.0 Å². The van der Waals surface area contributed by atoms with Crippen molar-refractivity contribution < 1.29 is 14.2 Å². The van der Waals surface area contributed by atoms with Gasteiger partial charge in [-0.3, -0.25) is 4.90 Å². The Morgan fingerprint density at radius 3 is 2.62 bits per heavy atom. The molecule has 2 fully saturated rings. The second-order valence-electron chi connectivity index (χ2n) is 7.23. The Bertz CT molecular complexity index is 790. The third-order valence-corrected chi connectivity index (χ3v) is 5.96. The van der Waals surface area contributed by atoms with E-state index in [-0.39, 0.29) is 5.82 Å². The van der Waals surface area contributed by atoms with Crippen molar-refractivity contribution in [1.82, 2.24) is 9.88 Å². The maximum Gasteiger partial charge on any atom is 0.139 e. The largest absolute Gasteiger partial charge is 0.388 e. The van der Waals surface area contributed by atoms with Gasteiger partial charge in [0.05, 0.1) is 28.8 Å². The number of piperidine rings is 1. The number of benzene rings is 1. The number of nitrogens with zero attached hydrogens (tertiary/aromatic N) is 3. The highest BCUT2D eigenvalue weighted by molar-refractivity contribution is 9.10. The van der Waals surface area contributed by atoms with Gasteiger partial charge in [-0.25, -0.2) is 9.37 Å². The van der Waals surface area contributed by atoms with Crippen molar-refractivity contribution in [2.24, 2.45) is 0 Å². The normalized spacial score (nSPS) is 21.3. The molecule has 0 spiro atoms. The van der Waals surface area contributed by atoms with E-state index in [9.17, 15) is 9.50 Å². The molecule has 140 valence electrons. The first-order valence-electron chi connectivity index (χ1n) is 9.06. The average Bonchev–Trinajstić information content (AvgIpc) is 2.64. The van der Waals surface area contributed by atoms with Gasteiger partial charge in [0.2, 0.25) is 0 Å². The molecular weight excluding hydrogens is 401 g/mol. The van der Waals surface area contributed by atoms with Crippen molar-refractivity contribution in [3.8, 4) is 0 Å². The highest BCUT2D eigenvalue weighted by atomic mass is 79.9. The lowest BCUT2D eigenvalue weighted by Crippen LogP contribution is -2.53. The Balaban J connectivity index is 1.44. The van der Waals surface area contributed by atoms with Crippen molar-refractivity contribution in [3.63, 3.8) is 0 Å². The predicted octanol–water partition coefficient (Wildman–Crippen LogP) is 2.80. The van der Waals surface area contributed by atoms with E-state index in [0.717, 1.165) is 50.6 Å². The molecule has 0 radical (unpaired) electrons. The number of ether oxygens (including phenoxy) is 1. The lowest BCUT2D eigenvalue weighted by Gasteiger charge is -2.42. The number of aliphatic hydroxyl groups is 1. The molecular formula is C19H23BrFN3O2. The molecule has 0 saturated carbocycles. The van der Waals surface area contributed by atoms with Crippen molar-refractivity contribution >= 4 is 32.7 Å². The zero-order valence-corrected chi connectivity index (χ0v) is 16.2. The van der Waals surface area contributed by atoms with Crippen molar-refractivity contribution in [2.45, 2.75) is 18.4 Å². The number of anilines is 1. The summed E-state index contributed by atoms with van der Waals surface area (Å²) in [5.41, 5.74) is -0.000804. The second kappa shape index (κ2) is 7.38. The number of hydrogen-bond donors (Lipinski definition) is 1. The monoisotopic (exact) mass is 423 g/mol. The van der Waals surface area contributed by atoms with Gasteiger partial charge in [-0.15, -0.1) is 0 Å². The van der Waals surface area contributed by atoms with Crippen LogP contribution in [0.1, 0.15) is 12.8 Å². The molecule has 1 aromatic heterocycles. The fourth-order valence-corrected chi connectivity index (χ4v) is 4.13. The topological polar surface area (TPSA) is 48.8 Å². The summed E-state index contributed by atoms with van der Waals surface area (Å²) in [5, 5.41) is 11.8. The van der Waals surface area contributed by atoms with E-state index in [2.05, 4.69) is 30.7 Å². The van der Waals surface area contributed by atoms with E-state index in [1.54, 1.807) is 6.07 Å². The van der Waals surface area contributed by atoms with E-state index in [1.807, 2.05) is 12.1 Å². The smallest absolute Gasteiger partial charge is 0.139 e. The van der Waals surface area contributed by atoms with Gasteiger partial charge in [-0.2, -0.15) is 0 Å². The van der Waals surface area contributed by atoms with Gasteiger partial charge in [0, 0.05) is 44.2 Å². The molecule has 5 nitrogen and oxygen atoms in total. The molecule has 7 heteroatoms. The Labute approximate surface area is 160 Å². The minimum atomic E-state index is -0.651. The Kier molecular flexibility index (Phi) is 5.14. The molecule has 4 rings (SSSR count). The molecule has 0 atom stereocenters. The second-order valence-corrected chi connectivity index (χ2v) is 8.08. The van der Waals surface area contributed by atoms with Crippen molar-refractivity contribution in [2.75, 3.05) is 50.8 Å². The van der Waals surface area contributed by atoms with Crippen LogP contribution in [-0.4, -0.2) is 66.5 Å². The number of rotatable bonds is 3. The van der Waals surface area contributed by atoms with Crippen LogP contribution in [0, 0.1) is 5.82 Å². The van der Waals surface area contributed by atoms with Crippen LogP contribution in [0.5, 0.6) is 0 Å². The molecule has 2 aliphatic rings. The van der Waals surface area contributed by atoms with Gasteiger partial charge in [0.15, 0.2) is 0 Å². The van der Waals surface area contributed by atoms with Crippen LogP contribution in [-0.2, 0) is 4.74 Å². The minimum Gasteiger partial charge on any atom is -0.388 e. The van der Waals surface area contributed by atoms with Gasteiger partial charge >= 0.3 is 0 Å². The Morgan fingerprint density at radius 1 is 1.15 bits per heavy atom. The number of halogens is 2. The lowest BCUT2D eigenvalue weighted by molar-refractivity contribution is -0.0441. The van der Waals surface area contributed by atoms with Gasteiger partial charge in [-0.1, -0.05) is 0 Å². The molecule has 1 aromatic carbocycles. The molecule has 1 N–H and O–H groups in total. The van der Waals surface area contributed by atoms with Crippen LogP contribution in [0.25, 0.3) is 10.9 Å². The number of pyridine rings is 1. The summed E-state index contributed by atoms with van der Waals surface area (Å²) in [6.45, 7) is 5.47. The number of aromatic nitrogens is 1. The average molecular weight is 424 g/mol. The van der Waals surface area contributed by atoms with Crippen molar-refractivity contribution in [1.29, 1.82) is 0 Å². The minimum absolute atomic E-state index is 0.305. The number of β-amino-alcohol motifs (C(OH)–C–C–N with tert-alkyl or cyclic N) is 1. The van der Waals surface area contributed by atoms with E-state index in [0.29, 0.717) is 29.4 Å². The van der Waals surface area contributed by atoms with Gasteiger partial charge in [0.25, 0.3) is 0 Å². The van der Waals surface area contributed by atoms with E-state index in [4.69, 9.17) is 4.74 Å². The Morgan fingerprint density at radius 2 is 1.88 bits per heavy atom. The standard InChI is InChI=1S/C19H23BrFN3O2/c20-15-11-14-1-2-18(22-17(14)12-16(15)21)24-5-3-19(25,4-6-24)13-23-7-9-26-10-8-23/h1-2,11-12,25H,3-10,13H2. The first-order chi connectivity index (χ1) is 12.5. The maximum atomic E-state index is 13.8. The summed E-state index contributed by atoms with van der Waals surface area (Å²) in [5.74, 6) is 0.535. The van der Waals surface area contributed by atoms with Gasteiger partial charge < -0.3 is 14.7 Å². The maximum absolute atomic E-state index is 13.8. The molecule has 0 aliphatic carbocycles. The molecule has 2 saturated heterocycles. The zero-order chi connectivity index (χ0) is 18.1. The SMILES string of the molecule is OC1(CN2CCOCC2)CCN(c2ccc3cc(Br)c(F)cc3n2)CC1. The third kappa shape index (κ3) is 3.86. The number of morpholine rings is 1. The van der Waals surface area contributed by atoms with Crippen LogP contribution >= 0.6 is 15.9 Å². The molecule has 3 heterocycles. The predicted molar refractivity (Wildman–Crippen MR) is 103 cm³/mol. The molecule has 0 amide bonds. The summed E-state index contributed by atoms with van der Waals surface area (Å²) in [7, 11) is 0. The van der Waals surface area contributed by atoms with Crippen LogP contribution in [0.4, 0.5) is 10.2 Å². The van der Waals surface area contributed by atoms with Crippen LogP contribution < -0.4 is 4.90 Å². The van der Waals surface area contributed by atoms with E-state index < -0.39 is 5.60 Å². The summed E-state index contributed by atoms with van der Waals surface area (Å²) in [4.78, 5) is 9.08. The number of hydrogen-bond acceptors (Lipinski definition) is 5. The Hall–Kier alpha value is -1.28. The summed E-state index contributed by atoms with van der Waals surface area (Å²) < 4.78 is 19.6. The van der Waals surface area contributed by atoms with Crippen molar-refractivity contribution in [3.05, 3.63) is 34.6 Å². The van der Waals surface area contributed by atoms with E-state index >= 15 is 0 Å². The highest BCUT2D eigenvalue weighted by Crippen LogP contribution is 2.29. The highest BCUT2D eigenvalue weighted by Gasteiger charge is 2.34. The summed E-state index contributed by atoms with van der Waals surface area (Å²) in [6.07, 6.45) is 1.41. The van der Waals surface area contributed by atoms with Gasteiger partial charge in [0.1, 0.15) is 11.6 Å². The zero-order valence-electron chi connectivity index (χ0n) is 14.6. The quantitative estimate of drug-likeness (QED) is 0.822. The first kappa shape index (κ1) is 18.1. The summed E-state index contributed by atoms with van der Waals surface area (Å²) >= 11 is 3.21. The molecule has 0 bridgehead atoms. The fourth-order valence-electron chi connectivity index (χ4n) is 3.77. The summed E-state index contributed by atoms with van der Waals surface area (Å²) in [6, 6.07) is 7.15. The van der Waals surface area contributed by atoms with E-state index in [1.165, 1.54) is 6.07 Å².